The van der Waals surface area contributed by atoms with Gasteiger partial charge in [-0.3, -0.25) is 4.79 Å². The van der Waals surface area contributed by atoms with Crippen LogP contribution in [0.15, 0.2) is 36.5 Å². The van der Waals surface area contributed by atoms with Crippen LogP contribution in [0.1, 0.15) is 93.4 Å². The van der Waals surface area contributed by atoms with E-state index in [-0.39, 0.29) is 39.6 Å². The molecule has 3 saturated carbocycles. The van der Waals surface area contributed by atoms with E-state index in [0.717, 1.165) is 31.3 Å². The molecule has 4 aliphatic rings. The van der Waals surface area contributed by atoms with Gasteiger partial charge < -0.3 is 15.3 Å². The first kappa shape index (κ1) is 28.6. The van der Waals surface area contributed by atoms with Crippen molar-refractivity contribution in [1.29, 1.82) is 0 Å². The molecule has 0 radical (unpaired) electrons. The molecule has 0 aromatic carbocycles. The van der Waals surface area contributed by atoms with Crippen molar-refractivity contribution in [3.63, 3.8) is 0 Å². The third-order valence-electron chi connectivity index (χ3n) is 12.5. The van der Waals surface area contributed by atoms with Gasteiger partial charge in [0.15, 0.2) is 0 Å². The monoisotopic (exact) mass is 512 g/mol. The van der Waals surface area contributed by atoms with Gasteiger partial charge in [-0.1, -0.05) is 78.3 Å². The summed E-state index contributed by atoms with van der Waals surface area (Å²) in [5.74, 6) is -0.478. The van der Waals surface area contributed by atoms with Crippen LogP contribution in [-0.4, -0.2) is 33.5 Å². The predicted molar refractivity (Wildman–Crippen MR) is 150 cm³/mol. The summed E-state index contributed by atoms with van der Waals surface area (Å²) in [6.45, 7) is 24.2. The fraction of sp³-hybridized carbons (Fsp3) is 0.788. The fourth-order valence-corrected chi connectivity index (χ4v) is 10.0. The fourth-order valence-electron chi connectivity index (χ4n) is 10.0. The van der Waals surface area contributed by atoms with Crippen molar-refractivity contribution >= 4 is 5.97 Å². The van der Waals surface area contributed by atoms with Gasteiger partial charge in [0.2, 0.25) is 0 Å². The second-order valence-electron chi connectivity index (χ2n) is 14.8. The van der Waals surface area contributed by atoms with Gasteiger partial charge in [0.1, 0.15) is 0 Å². The maximum absolute atomic E-state index is 12.7. The molecule has 0 saturated heterocycles. The van der Waals surface area contributed by atoms with E-state index in [1.165, 1.54) is 5.57 Å². The smallest absolute Gasteiger partial charge is 0.306 e. The molecule has 4 heteroatoms. The highest BCUT2D eigenvalue weighted by atomic mass is 16.4. The first-order valence-corrected chi connectivity index (χ1v) is 14.7. The van der Waals surface area contributed by atoms with Crippen LogP contribution in [-0.2, 0) is 4.79 Å². The van der Waals surface area contributed by atoms with E-state index < -0.39 is 18.0 Å². The summed E-state index contributed by atoms with van der Waals surface area (Å²) in [7, 11) is 0. The summed E-state index contributed by atoms with van der Waals surface area (Å²) in [6, 6.07) is 0. The molecule has 37 heavy (non-hydrogen) atoms. The van der Waals surface area contributed by atoms with Gasteiger partial charge in [0, 0.05) is 5.92 Å². The Balaban J connectivity index is 1.78. The number of carboxylic acids is 1. The third kappa shape index (κ3) is 4.03. The SMILES string of the molecule is C=CC1C[C@]2(C)[C@@H]([C@@H](CCC(=C)C(C)C)C(=O)O)[C@H](O)C[C@@]2(C)C2=CC[C@H]3C(C)(C)C(O)CC[C@]3(C)C21. The second kappa shape index (κ2) is 9.37. The molecule has 0 heterocycles. The zero-order valence-corrected chi connectivity index (χ0v) is 24.4. The van der Waals surface area contributed by atoms with Gasteiger partial charge in [-0.25, -0.2) is 0 Å². The van der Waals surface area contributed by atoms with Crippen LogP contribution in [0.4, 0.5) is 0 Å². The number of hydrogen-bond donors (Lipinski definition) is 3. The van der Waals surface area contributed by atoms with E-state index in [2.05, 4.69) is 73.8 Å². The van der Waals surface area contributed by atoms with E-state index in [4.69, 9.17) is 0 Å². The number of carboxylic acid groups (broad SMARTS) is 1. The van der Waals surface area contributed by atoms with Crippen LogP contribution in [0, 0.1) is 57.2 Å². The maximum Gasteiger partial charge on any atom is 0.306 e. The lowest BCUT2D eigenvalue weighted by Gasteiger charge is -2.66. The van der Waals surface area contributed by atoms with E-state index in [1.54, 1.807) is 0 Å². The highest BCUT2D eigenvalue weighted by molar-refractivity contribution is 5.71. The molecule has 3 N–H and O–H groups in total. The number of fused-ring (bicyclic) bond motifs is 5. The van der Waals surface area contributed by atoms with Crippen molar-refractivity contribution in [3.8, 4) is 0 Å². The van der Waals surface area contributed by atoms with E-state index in [0.29, 0.717) is 37.0 Å². The van der Waals surface area contributed by atoms with Gasteiger partial charge in [0.25, 0.3) is 0 Å². The molecule has 0 aromatic rings. The minimum absolute atomic E-state index is 0.0419. The molecule has 4 nitrogen and oxygen atoms in total. The van der Waals surface area contributed by atoms with E-state index in [9.17, 15) is 20.1 Å². The molecular formula is C33H52O4. The van der Waals surface area contributed by atoms with Gasteiger partial charge >= 0.3 is 5.97 Å². The summed E-state index contributed by atoms with van der Waals surface area (Å²) in [5, 5.41) is 33.0. The van der Waals surface area contributed by atoms with Crippen molar-refractivity contribution in [3.05, 3.63) is 36.5 Å². The van der Waals surface area contributed by atoms with Crippen molar-refractivity contribution < 1.29 is 20.1 Å². The summed E-state index contributed by atoms with van der Waals surface area (Å²) < 4.78 is 0. The summed E-state index contributed by atoms with van der Waals surface area (Å²) in [6.07, 6.45) is 9.01. The lowest BCUT2D eigenvalue weighted by atomic mass is 9.39. The quantitative estimate of drug-likeness (QED) is 0.320. The Hall–Kier alpha value is -1.39. The minimum atomic E-state index is -0.795. The Bertz CT molecular complexity index is 977. The molecule has 208 valence electrons. The third-order valence-corrected chi connectivity index (χ3v) is 12.5. The average Bonchev–Trinajstić information content (AvgIpc) is 3.01. The topological polar surface area (TPSA) is 77.8 Å². The molecule has 0 spiro atoms. The van der Waals surface area contributed by atoms with Crippen LogP contribution in [0.3, 0.4) is 0 Å². The van der Waals surface area contributed by atoms with Gasteiger partial charge in [0.05, 0.1) is 18.1 Å². The number of aliphatic hydroxyl groups excluding tert-OH is 2. The summed E-state index contributed by atoms with van der Waals surface area (Å²) in [4.78, 5) is 12.7. The minimum Gasteiger partial charge on any atom is -0.481 e. The second-order valence-corrected chi connectivity index (χ2v) is 14.8. The molecule has 0 amide bonds. The van der Waals surface area contributed by atoms with Crippen LogP contribution < -0.4 is 0 Å². The lowest BCUT2D eigenvalue weighted by Crippen LogP contribution is -2.60. The number of rotatable bonds is 7. The van der Waals surface area contributed by atoms with Gasteiger partial charge in [-0.05, 0) is 90.3 Å². The Morgan fingerprint density at radius 1 is 1.16 bits per heavy atom. The molecule has 10 atom stereocenters. The van der Waals surface area contributed by atoms with Crippen molar-refractivity contribution in [2.45, 2.75) is 106 Å². The number of aliphatic carboxylic acids is 1. The zero-order valence-electron chi connectivity index (χ0n) is 24.4. The average molecular weight is 513 g/mol. The Labute approximate surface area is 225 Å². The summed E-state index contributed by atoms with van der Waals surface area (Å²) in [5.41, 5.74) is 1.78. The predicted octanol–water partition coefficient (Wildman–Crippen LogP) is 7.03. The van der Waals surface area contributed by atoms with Crippen LogP contribution in [0.5, 0.6) is 0 Å². The van der Waals surface area contributed by atoms with E-state index >= 15 is 0 Å². The zero-order chi connectivity index (χ0) is 27.7. The van der Waals surface area contributed by atoms with Crippen molar-refractivity contribution in [1.82, 2.24) is 0 Å². The van der Waals surface area contributed by atoms with Gasteiger partial charge in [-0.2, -0.15) is 0 Å². The maximum atomic E-state index is 12.7. The molecule has 3 fully saturated rings. The van der Waals surface area contributed by atoms with Crippen molar-refractivity contribution in [2.75, 3.05) is 0 Å². The Morgan fingerprint density at radius 2 is 1.81 bits per heavy atom. The highest BCUT2D eigenvalue weighted by Crippen LogP contribution is 2.74. The first-order chi connectivity index (χ1) is 17.1. The number of carbonyl (C=O) groups is 1. The Morgan fingerprint density at radius 3 is 2.38 bits per heavy atom. The molecule has 4 aliphatic carbocycles. The number of hydrogen-bond acceptors (Lipinski definition) is 3. The number of aliphatic hydroxyl groups is 2. The number of allylic oxidation sites excluding steroid dienone is 4. The van der Waals surface area contributed by atoms with Crippen LogP contribution in [0.25, 0.3) is 0 Å². The lowest BCUT2D eigenvalue weighted by molar-refractivity contribution is -0.154. The molecule has 4 rings (SSSR count). The van der Waals surface area contributed by atoms with E-state index in [1.807, 2.05) is 0 Å². The standard InChI is InChI=1S/C33H52O4/c1-10-21-17-33(9)28(22(29(36)37)12-11-20(4)19(2)3)24(34)18-32(33,8)23-13-14-25-30(5,6)26(35)15-16-31(25,7)27(21)23/h10,13,19,21-22,24-28,34-35H,1,4,11-12,14-18H2,2-3,5-9H3,(H,36,37)/t21?,22-,24-,25+,26?,27?,28+,31+,32+,33-/m1/s1. The molecule has 0 aromatic heterocycles. The molecular weight excluding hydrogens is 460 g/mol. The summed E-state index contributed by atoms with van der Waals surface area (Å²) >= 11 is 0. The van der Waals surface area contributed by atoms with Crippen molar-refractivity contribution in [2.24, 2.45) is 57.2 Å². The highest BCUT2D eigenvalue weighted by Gasteiger charge is 2.69. The normalized spacial score (nSPS) is 45.3. The van der Waals surface area contributed by atoms with Crippen LogP contribution >= 0.6 is 0 Å². The molecule has 0 aliphatic heterocycles. The van der Waals surface area contributed by atoms with Crippen LogP contribution in [0.2, 0.25) is 0 Å². The largest absolute Gasteiger partial charge is 0.481 e. The Kier molecular flexibility index (Phi) is 7.24. The molecule has 3 unspecified atom stereocenters. The van der Waals surface area contributed by atoms with Gasteiger partial charge in [-0.15, -0.1) is 6.58 Å². The molecule has 0 bridgehead atoms. The first-order valence-electron chi connectivity index (χ1n) is 14.7.